The maximum Gasteiger partial charge on any atom is 0.490 e. The number of benzene rings is 1. The Morgan fingerprint density at radius 2 is 1.79 bits per heavy atom. The fraction of sp³-hybridized carbons (Fsp3) is 0.136. The van der Waals surface area contributed by atoms with E-state index < -0.39 is 12.1 Å². The molecule has 0 radical (unpaired) electrons. The molecule has 9 nitrogen and oxygen atoms in total. The lowest BCUT2D eigenvalue weighted by Crippen LogP contribution is -2.21. The number of nitrogen functional groups attached to an aromatic ring is 1. The first kappa shape index (κ1) is 25.4. The molecule has 3 rings (SSSR count). The standard InChI is InChI=1S/C20H16N6O.C2HF3O2/c21-11-16-18(13-4-3-6-15(27)10-13)17(12-22)20(26-19(16)23)25-9-7-14-5-1-2-8-24-14;3-2(4,5)1(6)7/h1-6,8,10,27H,7,9H2,(H3,23,25,26);(H,6,7). The molecule has 0 fully saturated rings. The number of aromatic hydroxyl groups is 1. The molecule has 0 spiro atoms. The minimum Gasteiger partial charge on any atom is -0.508 e. The number of hydrogen-bond acceptors (Lipinski definition) is 8. The third kappa shape index (κ3) is 6.58. The van der Waals surface area contributed by atoms with Crippen LogP contribution in [0.3, 0.4) is 0 Å². The van der Waals surface area contributed by atoms with Crippen LogP contribution in [-0.4, -0.2) is 38.9 Å². The van der Waals surface area contributed by atoms with Crippen LogP contribution in [0.15, 0.2) is 48.7 Å². The maximum atomic E-state index is 10.6. The minimum atomic E-state index is -5.08. The third-order valence-corrected chi connectivity index (χ3v) is 4.23. The van der Waals surface area contributed by atoms with Gasteiger partial charge in [0, 0.05) is 30.4 Å². The van der Waals surface area contributed by atoms with Crippen molar-refractivity contribution in [1.29, 1.82) is 10.5 Å². The van der Waals surface area contributed by atoms with E-state index in [0.29, 0.717) is 29.9 Å². The predicted octanol–water partition coefficient (Wildman–Crippen LogP) is 3.46. The van der Waals surface area contributed by atoms with Gasteiger partial charge in [-0.25, -0.2) is 9.78 Å². The second-order valence-corrected chi connectivity index (χ2v) is 6.55. The van der Waals surface area contributed by atoms with E-state index in [1.165, 1.54) is 12.1 Å². The van der Waals surface area contributed by atoms with Gasteiger partial charge >= 0.3 is 12.1 Å². The molecule has 2 heterocycles. The Hall–Kier alpha value is -4.84. The van der Waals surface area contributed by atoms with E-state index in [1.807, 2.05) is 24.3 Å². The largest absolute Gasteiger partial charge is 0.508 e. The van der Waals surface area contributed by atoms with Crippen LogP contribution in [0.4, 0.5) is 24.8 Å². The van der Waals surface area contributed by atoms with Crippen LogP contribution in [-0.2, 0) is 11.2 Å². The first-order chi connectivity index (χ1) is 16.1. The average molecular weight is 470 g/mol. The van der Waals surface area contributed by atoms with E-state index >= 15 is 0 Å². The van der Waals surface area contributed by atoms with E-state index in [4.69, 9.17) is 15.6 Å². The number of alkyl halides is 3. The lowest BCUT2D eigenvalue weighted by atomic mass is 9.96. The first-order valence-corrected chi connectivity index (χ1v) is 9.45. The number of anilines is 2. The molecular weight excluding hydrogens is 453 g/mol. The van der Waals surface area contributed by atoms with Gasteiger partial charge in [0.15, 0.2) is 0 Å². The van der Waals surface area contributed by atoms with Crippen LogP contribution in [0.25, 0.3) is 11.1 Å². The number of carboxylic acid groups (broad SMARTS) is 1. The molecular formula is C22H17F3N6O3. The van der Waals surface area contributed by atoms with E-state index in [2.05, 4.69) is 21.4 Å². The lowest BCUT2D eigenvalue weighted by molar-refractivity contribution is -0.192. The Balaban J connectivity index is 0.000000509. The number of halogens is 3. The van der Waals surface area contributed by atoms with Crippen molar-refractivity contribution in [2.45, 2.75) is 12.6 Å². The second kappa shape index (κ2) is 11.2. The monoisotopic (exact) mass is 470 g/mol. The van der Waals surface area contributed by atoms with Gasteiger partial charge in [-0.2, -0.15) is 23.7 Å². The SMILES string of the molecule is N#Cc1c(N)nc(NCCc2ccccn2)c(C#N)c1-c1cccc(O)c1.O=C(O)C(F)(F)F. The van der Waals surface area contributed by atoms with Crippen molar-refractivity contribution in [3.8, 4) is 29.0 Å². The van der Waals surface area contributed by atoms with Crippen molar-refractivity contribution >= 4 is 17.6 Å². The number of carboxylic acids is 1. The number of aromatic nitrogens is 2. The van der Waals surface area contributed by atoms with Gasteiger partial charge in [-0.1, -0.05) is 18.2 Å². The number of rotatable bonds is 5. The van der Waals surface area contributed by atoms with Crippen LogP contribution in [0, 0.1) is 22.7 Å². The van der Waals surface area contributed by atoms with E-state index in [-0.39, 0.29) is 22.7 Å². The number of pyridine rings is 2. The van der Waals surface area contributed by atoms with E-state index in [0.717, 1.165) is 5.69 Å². The molecule has 0 atom stereocenters. The molecule has 0 aliphatic carbocycles. The molecule has 0 saturated carbocycles. The first-order valence-electron chi connectivity index (χ1n) is 9.45. The number of carbonyl (C=O) groups is 1. The number of nitriles is 2. The number of nitrogens with one attached hydrogen (secondary N) is 1. The Kier molecular flexibility index (Phi) is 8.34. The van der Waals surface area contributed by atoms with Crippen molar-refractivity contribution in [1.82, 2.24) is 9.97 Å². The van der Waals surface area contributed by atoms with Gasteiger partial charge < -0.3 is 21.3 Å². The number of nitrogens with two attached hydrogens (primary N) is 1. The van der Waals surface area contributed by atoms with Gasteiger partial charge in [-0.15, -0.1) is 0 Å². The molecule has 1 aromatic carbocycles. The molecule has 0 aliphatic rings. The number of aliphatic carboxylic acids is 1. The highest BCUT2D eigenvalue weighted by molar-refractivity contribution is 5.85. The van der Waals surface area contributed by atoms with Crippen LogP contribution in [0.5, 0.6) is 5.75 Å². The number of phenolic OH excluding ortho intramolecular Hbond substituents is 1. The summed E-state index contributed by atoms with van der Waals surface area (Å²) >= 11 is 0. The van der Waals surface area contributed by atoms with Gasteiger partial charge in [-0.05, 0) is 29.8 Å². The topological polar surface area (TPSA) is 169 Å². The maximum absolute atomic E-state index is 10.6. The van der Waals surface area contributed by atoms with Crippen molar-refractivity contribution in [3.63, 3.8) is 0 Å². The molecule has 3 aromatic rings. The normalized spacial score (nSPS) is 10.3. The zero-order chi connectivity index (χ0) is 25.3. The van der Waals surface area contributed by atoms with Gasteiger partial charge in [0.2, 0.25) is 0 Å². The minimum absolute atomic E-state index is 0.0233. The molecule has 0 aliphatic heterocycles. The summed E-state index contributed by atoms with van der Waals surface area (Å²) in [5.41, 5.74) is 8.03. The second-order valence-electron chi connectivity index (χ2n) is 6.55. The van der Waals surface area contributed by atoms with E-state index in [1.54, 1.807) is 18.3 Å². The highest BCUT2D eigenvalue weighted by Crippen LogP contribution is 2.35. The molecule has 0 amide bonds. The number of phenols is 1. The van der Waals surface area contributed by atoms with Crippen LogP contribution in [0.2, 0.25) is 0 Å². The molecule has 12 heteroatoms. The zero-order valence-electron chi connectivity index (χ0n) is 17.3. The zero-order valence-corrected chi connectivity index (χ0v) is 17.3. The summed E-state index contributed by atoms with van der Waals surface area (Å²) in [6.45, 7) is 0.490. The van der Waals surface area contributed by atoms with Crippen molar-refractivity contribution in [2.24, 2.45) is 0 Å². The summed E-state index contributed by atoms with van der Waals surface area (Å²) < 4.78 is 31.7. The van der Waals surface area contributed by atoms with Gasteiger partial charge in [-0.3, -0.25) is 4.98 Å². The summed E-state index contributed by atoms with van der Waals surface area (Å²) in [7, 11) is 0. The molecule has 0 saturated heterocycles. The molecule has 34 heavy (non-hydrogen) atoms. The van der Waals surface area contributed by atoms with Crippen molar-refractivity contribution in [2.75, 3.05) is 17.6 Å². The molecule has 0 bridgehead atoms. The summed E-state index contributed by atoms with van der Waals surface area (Å²) in [5.74, 6) is -2.41. The van der Waals surface area contributed by atoms with Gasteiger partial charge in [0.25, 0.3) is 0 Å². The van der Waals surface area contributed by atoms with Crippen molar-refractivity contribution in [3.05, 3.63) is 65.5 Å². The van der Waals surface area contributed by atoms with Gasteiger partial charge in [0.1, 0.15) is 40.7 Å². The summed E-state index contributed by atoms with van der Waals surface area (Å²) in [4.78, 5) is 17.3. The third-order valence-electron chi connectivity index (χ3n) is 4.23. The summed E-state index contributed by atoms with van der Waals surface area (Å²) in [6.07, 6.45) is -2.73. The fourth-order valence-corrected chi connectivity index (χ4v) is 2.76. The number of nitrogens with zero attached hydrogens (tertiary/aromatic N) is 4. The quantitative estimate of drug-likeness (QED) is 0.436. The number of hydrogen-bond donors (Lipinski definition) is 4. The van der Waals surface area contributed by atoms with Crippen LogP contribution in [0.1, 0.15) is 16.8 Å². The van der Waals surface area contributed by atoms with Crippen LogP contribution < -0.4 is 11.1 Å². The Morgan fingerprint density at radius 1 is 1.12 bits per heavy atom. The highest BCUT2D eigenvalue weighted by atomic mass is 19.4. The molecule has 0 unspecified atom stereocenters. The summed E-state index contributed by atoms with van der Waals surface area (Å²) in [6, 6.07) is 16.1. The lowest BCUT2D eigenvalue weighted by Gasteiger charge is -2.14. The smallest absolute Gasteiger partial charge is 0.490 e. The van der Waals surface area contributed by atoms with Crippen LogP contribution >= 0.6 is 0 Å². The Labute approximate surface area is 191 Å². The molecule has 174 valence electrons. The fourth-order valence-electron chi connectivity index (χ4n) is 2.76. The average Bonchev–Trinajstić information content (AvgIpc) is 2.79. The Bertz CT molecular complexity index is 1250. The molecule has 2 aromatic heterocycles. The molecule has 5 N–H and O–H groups in total. The highest BCUT2D eigenvalue weighted by Gasteiger charge is 2.38. The van der Waals surface area contributed by atoms with Crippen molar-refractivity contribution < 1.29 is 28.2 Å². The van der Waals surface area contributed by atoms with E-state index in [9.17, 15) is 28.8 Å². The predicted molar refractivity (Wildman–Crippen MR) is 115 cm³/mol. The van der Waals surface area contributed by atoms with Gasteiger partial charge in [0.05, 0.1) is 0 Å². The summed E-state index contributed by atoms with van der Waals surface area (Å²) in [5, 5.41) is 39.2. The Morgan fingerprint density at radius 3 is 2.32 bits per heavy atom.